The molecule has 1 saturated heterocycles. The molecule has 21 heavy (non-hydrogen) atoms. The lowest BCUT2D eigenvalue weighted by atomic mass is 9.96. The molecule has 0 spiro atoms. The molecule has 0 atom stereocenters. The highest BCUT2D eigenvalue weighted by Gasteiger charge is 2.23. The SMILES string of the molecule is CC(C)N(CC1CCNCC1)C(=O)c1cccc(C#N)c1. The number of nitrogens with one attached hydrogen (secondary N) is 1. The van der Waals surface area contributed by atoms with Gasteiger partial charge in [-0.2, -0.15) is 5.26 Å². The lowest BCUT2D eigenvalue weighted by Gasteiger charge is -2.33. The average Bonchev–Trinajstić information content (AvgIpc) is 2.52. The van der Waals surface area contributed by atoms with Crippen molar-refractivity contribution in [1.82, 2.24) is 10.2 Å². The molecule has 0 aliphatic carbocycles. The molecule has 0 saturated carbocycles. The standard InChI is InChI=1S/C17H23N3O/c1-13(2)20(12-14-6-8-19-9-7-14)17(21)16-5-3-4-15(10-16)11-18/h3-5,10,13-14,19H,6-9,12H2,1-2H3. The summed E-state index contributed by atoms with van der Waals surface area (Å²) in [6.07, 6.45) is 2.24. The summed E-state index contributed by atoms with van der Waals surface area (Å²) in [5.74, 6) is 0.595. The van der Waals surface area contributed by atoms with Gasteiger partial charge in [-0.3, -0.25) is 4.79 Å². The van der Waals surface area contributed by atoms with Crippen LogP contribution in [0.15, 0.2) is 24.3 Å². The Balaban J connectivity index is 2.12. The second-order valence-electron chi connectivity index (χ2n) is 5.94. The van der Waals surface area contributed by atoms with Crippen molar-refractivity contribution in [3.63, 3.8) is 0 Å². The molecule has 1 heterocycles. The van der Waals surface area contributed by atoms with Crippen LogP contribution in [0.4, 0.5) is 0 Å². The van der Waals surface area contributed by atoms with Crippen LogP contribution < -0.4 is 5.32 Å². The van der Waals surface area contributed by atoms with Gasteiger partial charge in [0.2, 0.25) is 0 Å². The Morgan fingerprint density at radius 1 is 1.43 bits per heavy atom. The number of nitrogens with zero attached hydrogens (tertiary/aromatic N) is 2. The van der Waals surface area contributed by atoms with E-state index in [1.807, 2.05) is 18.7 Å². The first-order chi connectivity index (χ1) is 10.1. The van der Waals surface area contributed by atoms with Crippen molar-refractivity contribution >= 4 is 5.91 Å². The Bertz CT molecular complexity index is 527. The fraction of sp³-hybridized carbons (Fsp3) is 0.529. The molecule has 0 bridgehead atoms. The van der Waals surface area contributed by atoms with E-state index in [1.54, 1.807) is 24.3 Å². The Labute approximate surface area is 126 Å². The van der Waals surface area contributed by atoms with Crippen molar-refractivity contribution in [2.45, 2.75) is 32.7 Å². The maximum atomic E-state index is 12.7. The highest BCUT2D eigenvalue weighted by molar-refractivity contribution is 5.94. The van der Waals surface area contributed by atoms with Crippen LogP contribution in [0.25, 0.3) is 0 Å². The number of carbonyl (C=O) groups is 1. The third kappa shape index (κ3) is 4.05. The van der Waals surface area contributed by atoms with E-state index in [4.69, 9.17) is 5.26 Å². The zero-order valence-corrected chi connectivity index (χ0v) is 12.8. The molecule has 1 fully saturated rings. The largest absolute Gasteiger partial charge is 0.336 e. The molecule has 0 radical (unpaired) electrons. The number of amides is 1. The van der Waals surface area contributed by atoms with Gasteiger partial charge in [0.15, 0.2) is 0 Å². The fourth-order valence-corrected chi connectivity index (χ4v) is 2.76. The number of hydrogen-bond acceptors (Lipinski definition) is 3. The molecule has 1 aliphatic rings. The number of hydrogen-bond donors (Lipinski definition) is 1. The maximum absolute atomic E-state index is 12.7. The Hall–Kier alpha value is -1.86. The number of nitriles is 1. The second kappa shape index (κ2) is 7.24. The minimum absolute atomic E-state index is 0.0284. The smallest absolute Gasteiger partial charge is 0.254 e. The molecule has 4 heteroatoms. The molecule has 0 unspecified atom stereocenters. The summed E-state index contributed by atoms with van der Waals surface area (Å²) in [5, 5.41) is 12.3. The van der Waals surface area contributed by atoms with Crippen molar-refractivity contribution in [3.8, 4) is 6.07 Å². The fourth-order valence-electron chi connectivity index (χ4n) is 2.76. The molecule has 1 amide bonds. The van der Waals surface area contributed by atoms with Gasteiger partial charge in [-0.25, -0.2) is 0 Å². The summed E-state index contributed by atoms with van der Waals surface area (Å²) >= 11 is 0. The molecule has 0 aromatic heterocycles. The van der Waals surface area contributed by atoms with E-state index in [0.29, 0.717) is 17.0 Å². The highest BCUT2D eigenvalue weighted by Crippen LogP contribution is 2.18. The molecular formula is C17H23N3O. The Kier molecular flexibility index (Phi) is 5.35. The minimum atomic E-state index is 0.0284. The zero-order chi connectivity index (χ0) is 15.2. The summed E-state index contributed by atoms with van der Waals surface area (Å²) in [7, 11) is 0. The first kappa shape index (κ1) is 15.5. The number of piperidine rings is 1. The van der Waals surface area contributed by atoms with Gasteiger partial charge < -0.3 is 10.2 Å². The van der Waals surface area contributed by atoms with E-state index in [0.717, 1.165) is 32.5 Å². The third-order valence-corrected chi connectivity index (χ3v) is 4.04. The van der Waals surface area contributed by atoms with E-state index in [1.165, 1.54) is 0 Å². The van der Waals surface area contributed by atoms with Gasteiger partial charge in [0, 0.05) is 18.2 Å². The third-order valence-electron chi connectivity index (χ3n) is 4.04. The van der Waals surface area contributed by atoms with Crippen LogP contribution in [0.2, 0.25) is 0 Å². The molecule has 2 rings (SSSR count). The van der Waals surface area contributed by atoms with E-state index in [-0.39, 0.29) is 11.9 Å². The predicted octanol–water partition coefficient (Wildman–Crippen LogP) is 2.41. The molecular weight excluding hydrogens is 262 g/mol. The van der Waals surface area contributed by atoms with Gasteiger partial charge in [-0.15, -0.1) is 0 Å². The van der Waals surface area contributed by atoms with Crippen molar-refractivity contribution in [2.24, 2.45) is 5.92 Å². The lowest BCUT2D eigenvalue weighted by molar-refractivity contribution is 0.0658. The quantitative estimate of drug-likeness (QED) is 0.924. The van der Waals surface area contributed by atoms with Gasteiger partial charge in [0.1, 0.15) is 0 Å². The predicted molar refractivity (Wildman–Crippen MR) is 82.9 cm³/mol. The van der Waals surface area contributed by atoms with Crippen LogP contribution >= 0.6 is 0 Å². The van der Waals surface area contributed by atoms with E-state index >= 15 is 0 Å². The van der Waals surface area contributed by atoms with Crippen LogP contribution in [0, 0.1) is 17.2 Å². The summed E-state index contributed by atoms with van der Waals surface area (Å²) in [4.78, 5) is 14.7. The van der Waals surface area contributed by atoms with Crippen molar-refractivity contribution < 1.29 is 4.79 Å². The van der Waals surface area contributed by atoms with Gasteiger partial charge in [-0.05, 0) is 63.9 Å². The molecule has 4 nitrogen and oxygen atoms in total. The molecule has 1 N–H and O–H groups in total. The molecule has 1 aromatic rings. The van der Waals surface area contributed by atoms with Crippen LogP contribution in [0.1, 0.15) is 42.6 Å². The summed E-state index contributed by atoms with van der Waals surface area (Å²) in [5.41, 5.74) is 1.14. The number of benzene rings is 1. The molecule has 1 aliphatic heterocycles. The van der Waals surface area contributed by atoms with Gasteiger partial charge in [0.25, 0.3) is 5.91 Å². The van der Waals surface area contributed by atoms with Gasteiger partial charge in [0.05, 0.1) is 11.6 Å². The van der Waals surface area contributed by atoms with Crippen LogP contribution in [-0.2, 0) is 0 Å². The van der Waals surface area contributed by atoms with Crippen molar-refractivity contribution in [2.75, 3.05) is 19.6 Å². The Morgan fingerprint density at radius 3 is 2.76 bits per heavy atom. The van der Waals surface area contributed by atoms with Gasteiger partial charge >= 0.3 is 0 Å². The van der Waals surface area contributed by atoms with E-state index in [9.17, 15) is 4.79 Å². The first-order valence-corrected chi connectivity index (χ1v) is 7.63. The van der Waals surface area contributed by atoms with Crippen molar-refractivity contribution in [1.29, 1.82) is 5.26 Å². The summed E-state index contributed by atoms with van der Waals surface area (Å²) < 4.78 is 0. The monoisotopic (exact) mass is 285 g/mol. The van der Waals surface area contributed by atoms with Crippen LogP contribution in [0.5, 0.6) is 0 Å². The number of carbonyl (C=O) groups excluding carboxylic acids is 1. The van der Waals surface area contributed by atoms with Gasteiger partial charge in [-0.1, -0.05) is 6.07 Å². The van der Waals surface area contributed by atoms with E-state index < -0.39 is 0 Å². The zero-order valence-electron chi connectivity index (χ0n) is 12.8. The first-order valence-electron chi connectivity index (χ1n) is 7.63. The highest BCUT2D eigenvalue weighted by atomic mass is 16.2. The lowest BCUT2D eigenvalue weighted by Crippen LogP contribution is -2.43. The second-order valence-corrected chi connectivity index (χ2v) is 5.94. The van der Waals surface area contributed by atoms with Crippen LogP contribution in [-0.4, -0.2) is 36.5 Å². The van der Waals surface area contributed by atoms with E-state index in [2.05, 4.69) is 11.4 Å². The summed E-state index contributed by atoms with van der Waals surface area (Å²) in [6.45, 7) is 6.97. The average molecular weight is 285 g/mol. The van der Waals surface area contributed by atoms with Crippen molar-refractivity contribution in [3.05, 3.63) is 35.4 Å². The normalized spacial score (nSPS) is 15.7. The molecule has 112 valence electrons. The summed E-state index contributed by atoms with van der Waals surface area (Å²) in [6, 6.07) is 9.23. The number of rotatable bonds is 4. The Morgan fingerprint density at radius 2 is 2.14 bits per heavy atom. The molecule has 1 aromatic carbocycles. The van der Waals surface area contributed by atoms with Crippen LogP contribution in [0.3, 0.4) is 0 Å². The topological polar surface area (TPSA) is 56.1 Å². The minimum Gasteiger partial charge on any atom is -0.336 e. The maximum Gasteiger partial charge on any atom is 0.254 e.